The first-order valence-corrected chi connectivity index (χ1v) is 10.3. The van der Waals surface area contributed by atoms with Crippen molar-refractivity contribution in [1.82, 2.24) is 15.2 Å². The summed E-state index contributed by atoms with van der Waals surface area (Å²) < 4.78 is 2.31. The Kier molecular flexibility index (Phi) is 6.15. The Morgan fingerprint density at radius 1 is 1.00 bits per heavy atom. The van der Waals surface area contributed by atoms with E-state index in [2.05, 4.69) is 98.0 Å². The van der Waals surface area contributed by atoms with E-state index in [0.29, 0.717) is 0 Å². The van der Waals surface area contributed by atoms with Gasteiger partial charge in [-0.15, -0.1) is 0 Å². The Morgan fingerprint density at radius 2 is 1.86 bits per heavy atom. The molecule has 0 amide bonds. The third-order valence-corrected chi connectivity index (χ3v) is 5.33. The maximum atomic E-state index is 4.35. The zero-order valence-electron chi connectivity index (χ0n) is 17.0. The summed E-state index contributed by atoms with van der Waals surface area (Å²) in [6.45, 7) is 4.62. The smallest absolute Gasteiger partial charge is 0.191 e. The van der Waals surface area contributed by atoms with E-state index in [9.17, 15) is 0 Å². The van der Waals surface area contributed by atoms with Crippen LogP contribution >= 0.6 is 0 Å². The van der Waals surface area contributed by atoms with Gasteiger partial charge >= 0.3 is 0 Å². The summed E-state index contributed by atoms with van der Waals surface area (Å²) >= 11 is 0. The number of aliphatic imine (C=N–C) groups is 1. The second-order valence-corrected chi connectivity index (χ2v) is 7.32. The minimum absolute atomic E-state index is 0.761. The summed E-state index contributed by atoms with van der Waals surface area (Å²) in [5.74, 6) is 0.843. The topological polar surface area (TPSA) is 44.6 Å². The summed E-state index contributed by atoms with van der Waals surface area (Å²) in [6.07, 6.45) is 7.64. The number of aromatic nitrogens is 1. The molecule has 0 atom stereocenters. The molecule has 4 rings (SSSR count). The zero-order chi connectivity index (χ0) is 19.9. The van der Waals surface area contributed by atoms with E-state index in [1.54, 1.807) is 0 Å². The Bertz CT molecular complexity index is 993. The van der Waals surface area contributed by atoms with Crippen molar-refractivity contribution in [2.75, 3.05) is 31.6 Å². The van der Waals surface area contributed by atoms with Gasteiger partial charge in [-0.05, 0) is 41.6 Å². The van der Waals surface area contributed by atoms with Gasteiger partial charge in [-0.3, -0.25) is 4.99 Å². The molecule has 5 nitrogen and oxygen atoms in total. The molecular formula is C24H29N5. The van der Waals surface area contributed by atoms with Crippen molar-refractivity contribution in [3.8, 4) is 0 Å². The van der Waals surface area contributed by atoms with Crippen LogP contribution < -0.4 is 15.5 Å². The van der Waals surface area contributed by atoms with Crippen molar-refractivity contribution in [3.05, 3.63) is 78.5 Å². The molecule has 0 unspecified atom stereocenters. The maximum absolute atomic E-state index is 4.35. The van der Waals surface area contributed by atoms with Crippen LogP contribution in [0.1, 0.15) is 12.0 Å². The molecule has 1 aliphatic rings. The minimum atomic E-state index is 0.761. The fraction of sp³-hybridized carbons (Fsp3) is 0.292. The fourth-order valence-electron chi connectivity index (χ4n) is 3.75. The van der Waals surface area contributed by atoms with Gasteiger partial charge < -0.3 is 20.1 Å². The lowest BCUT2D eigenvalue weighted by atomic mass is 10.2. The van der Waals surface area contributed by atoms with E-state index in [-0.39, 0.29) is 0 Å². The van der Waals surface area contributed by atoms with Gasteiger partial charge in [-0.25, -0.2) is 0 Å². The van der Waals surface area contributed by atoms with Crippen LogP contribution in [0.25, 0.3) is 10.9 Å². The first-order chi connectivity index (χ1) is 14.3. The Balaban J connectivity index is 1.23. The first kappa shape index (κ1) is 19.1. The molecule has 0 fully saturated rings. The van der Waals surface area contributed by atoms with Gasteiger partial charge in [-0.2, -0.15) is 0 Å². The number of guanidine groups is 1. The van der Waals surface area contributed by atoms with Gasteiger partial charge in [0.1, 0.15) is 0 Å². The van der Waals surface area contributed by atoms with Crippen LogP contribution in [0.3, 0.4) is 0 Å². The molecule has 150 valence electrons. The largest absolute Gasteiger partial charge is 0.364 e. The van der Waals surface area contributed by atoms with Crippen molar-refractivity contribution in [2.45, 2.75) is 19.5 Å². The number of aryl methyl sites for hydroxylation is 1. The third kappa shape index (κ3) is 4.80. The van der Waals surface area contributed by atoms with Gasteiger partial charge in [0.25, 0.3) is 0 Å². The highest BCUT2D eigenvalue weighted by molar-refractivity contribution is 5.80. The number of fused-ring (bicyclic) bond motifs is 1. The molecular weight excluding hydrogens is 358 g/mol. The van der Waals surface area contributed by atoms with Crippen molar-refractivity contribution < 1.29 is 0 Å². The predicted molar refractivity (Wildman–Crippen MR) is 123 cm³/mol. The van der Waals surface area contributed by atoms with Gasteiger partial charge in [0.2, 0.25) is 0 Å². The third-order valence-electron chi connectivity index (χ3n) is 5.33. The summed E-state index contributed by atoms with van der Waals surface area (Å²) in [5.41, 5.74) is 3.83. The molecule has 0 saturated heterocycles. The van der Waals surface area contributed by atoms with Crippen molar-refractivity contribution >= 4 is 22.5 Å². The predicted octanol–water partition coefficient (Wildman–Crippen LogP) is 3.77. The Hall–Kier alpha value is -3.21. The lowest BCUT2D eigenvalue weighted by molar-refractivity contribution is 0.640. The normalized spacial score (nSPS) is 14.0. The average Bonchev–Trinajstić information content (AvgIpc) is 3.44. The number of hydrogen-bond acceptors (Lipinski definition) is 2. The second kappa shape index (κ2) is 9.32. The fourth-order valence-corrected chi connectivity index (χ4v) is 3.75. The van der Waals surface area contributed by atoms with Gasteiger partial charge in [0.15, 0.2) is 5.96 Å². The molecule has 0 bridgehead atoms. The van der Waals surface area contributed by atoms with Crippen LogP contribution in [0.4, 0.5) is 5.69 Å². The number of hydrogen-bond donors (Lipinski definition) is 2. The number of para-hydroxylation sites is 1. The Morgan fingerprint density at radius 3 is 2.72 bits per heavy atom. The number of nitrogens with one attached hydrogen (secondary N) is 2. The van der Waals surface area contributed by atoms with Crippen LogP contribution in [0, 0.1) is 0 Å². The van der Waals surface area contributed by atoms with E-state index in [1.807, 2.05) is 7.05 Å². The Labute approximate surface area is 172 Å². The van der Waals surface area contributed by atoms with Crippen molar-refractivity contribution in [2.24, 2.45) is 4.99 Å². The van der Waals surface area contributed by atoms with Crippen molar-refractivity contribution in [3.63, 3.8) is 0 Å². The van der Waals surface area contributed by atoms with Gasteiger partial charge in [0, 0.05) is 57.2 Å². The summed E-state index contributed by atoms with van der Waals surface area (Å²) in [6, 6.07) is 19.4. The van der Waals surface area contributed by atoms with Crippen LogP contribution in [0.5, 0.6) is 0 Å². The molecule has 2 N–H and O–H groups in total. The number of rotatable bonds is 7. The molecule has 2 aromatic carbocycles. The molecule has 29 heavy (non-hydrogen) atoms. The van der Waals surface area contributed by atoms with Gasteiger partial charge in [0.05, 0.1) is 0 Å². The lowest BCUT2D eigenvalue weighted by Crippen LogP contribution is -2.37. The SMILES string of the molecule is CN=C(NCCCn1ccc2ccccc21)NCc1cccc(N2CC=CC2)c1. The molecule has 0 radical (unpaired) electrons. The highest BCUT2D eigenvalue weighted by atomic mass is 15.2. The molecule has 0 saturated carbocycles. The zero-order valence-corrected chi connectivity index (χ0v) is 17.0. The average molecular weight is 388 g/mol. The summed E-state index contributed by atoms with van der Waals surface area (Å²) in [5, 5.41) is 8.15. The van der Waals surface area contributed by atoms with E-state index >= 15 is 0 Å². The molecule has 1 aromatic heterocycles. The molecule has 0 spiro atoms. The highest BCUT2D eigenvalue weighted by Crippen LogP contribution is 2.18. The molecule has 1 aliphatic heterocycles. The molecule has 3 aromatic rings. The van der Waals surface area contributed by atoms with Crippen LogP contribution in [-0.2, 0) is 13.1 Å². The first-order valence-electron chi connectivity index (χ1n) is 10.3. The molecule has 5 heteroatoms. The minimum Gasteiger partial charge on any atom is -0.364 e. The lowest BCUT2D eigenvalue weighted by Gasteiger charge is -2.19. The monoisotopic (exact) mass is 387 g/mol. The highest BCUT2D eigenvalue weighted by Gasteiger charge is 2.08. The number of anilines is 1. The van der Waals surface area contributed by atoms with Crippen molar-refractivity contribution in [1.29, 1.82) is 0 Å². The van der Waals surface area contributed by atoms with E-state index in [4.69, 9.17) is 0 Å². The summed E-state index contributed by atoms with van der Waals surface area (Å²) in [7, 11) is 1.82. The number of benzene rings is 2. The number of nitrogens with zero attached hydrogens (tertiary/aromatic N) is 3. The molecule has 2 heterocycles. The second-order valence-electron chi connectivity index (χ2n) is 7.32. The van der Waals surface area contributed by atoms with E-state index < -0.39 is 0 Å². The van der Waals surface area contributed by atoms with E-state index in [0.717, 1.165) is 45.1 Å². The van der Waals surface area contributed by atoms with E-state index in [1.165, 1.54) is 22.2 Å². The molecule has 0 aliphatic carbocycles. The quantitative estimate of drug-likeness (QED) is 0.281. The maximum Gasteiger partial charge on any atom is 0.191 e. The standard InChI is InChI=1S/C24H29N5/c1-25-24(26-13-7-16-29-17-12-21-9-2-3-11-23(21)29)27-19-20-8-6-10-22(18-20)28-14-4-5-15-28/h2-6,8-12,17-18H,7,13-16,19H2,1H3,(H2,25,26,27). The van der Waals surface area contributed by atoms with Crippen LogP contribution in [0.15, 0.2) is 77.9 Å². The van der Waals surface area contributed by atoms with Crippen LogP contribution in [-0.4, -0.2) is 37.2 Å². The summed E-state index contributed by atoms with van der Waals surface area (Å²) in [4.78, 5) is 6.72. The van der Waals surface area contributed by atoms with Gasteiger partial charge in [-0.1, -0.05) is 42.5 Å². The van der Waals surface area contributed by atoms with Crippen LogP contribution in [0.2, 0.25) is 0 Å².